The third kappa shape index (κ3) is 34.5. The molecule has 0 aliphatic carbocycles. The van der Waals surface area contributed by atoms with Crippen LogP contribution in [0.5, 0.6) is 0 Å². The molecule has 8 nitrogen and oxygen atoms in total. The minimum absolute atomic E-state index is 0.0458. The highest BCUT2D eigenvalue weighted by Gasteiger charge is 2.31. The molecule has 0 spiro atoms. The van der Waals surface area contributed by atoms with Crippen LogP contribution in [0.25, 0.3) is 0 Å². The molecule has 0 saturated carbocycles. The van der Waals surface area contributed by atoms with Crippen molar-refractivity contribution in [1.29, 1.82) is 0 Å². The molecule has 1 N–H and O–H groups in total. The number of aliphatic carboxylic acids is 1. The molecule has 0 rings (SSSR count). The lowest BCUT2D eigenvalue weighted by atomic mass is 10.1. The minimum Gasteiger partial charge on any atom is -0.477 e. The lowest BCUT2D eigenvalue weighted by Crippen LogP contribution is -2.50. The number of rotatable bonds is 36. The van der Waals surface area contributed by atoms with Crippen LogP contribution in [0.4, 0.5) is 0 Å². The van der Waals surface area contributed by atoms with Crippen LogP contribution in [-0.4, -0.2) is 80.6 Å². The summed E-state index contributed by atoms with van der Waals surface area (Å²) < 4.78 is 17.2. The van der Waals surface area contributed by atoms with Crippen molar-refractivity contribution in [3.05, 3.63) is 60.8 Å². The van der Waals surface area contributed by atoms with Crippen molar-refractivity contribution in [3.63, 3.8) is 0 Å². The fourth-order valence-electron chi connectivity index (χ4n) is 5.67. The molecule has 0 saturated heterocycles. The summed E-state index contributed by atoms with van der Waals surface area (Å²) in [6.45, 7) is 4.53. The number of hydrogen-bond acceptors (Lipinski definition) is 6. The zero-order valence-corrected chi connectivity index (χ0v) is 34.4. The van der Waals surface area contributed by atoms with Gasteiger partial charge >= 0.3 is 17.9 Å². The highest BCUT2D eigenvalue weighted by atomic mass is 16.6. The summed E-state index contributed by atoms with van der Waals surface area (Å²) in [5.74, 6) is -1.53. The van der Waals surface area contributed by atoms with Crippen LogP contribution in [0.15, 0.2) is 60.8 Å². The van der Waals surface area contributed by atoms with Crippen LogP contribution in [0.1, 0.15) is 155 Å². The molecule has 0 aliphatic heterocycles. The molecule has 2 unspecified atom stereocenters. The van der Waals surface area contributed by atoms with Gasteiger partial charge in [0.05, 0.1) is 34.4 Å². The summed E-state index contributed by atoms with van der Waals surface area (Å²) in [6, 6.07) is -0.621. The number of carbonyl (C=O) groups is 3. The number of carbonyl (C=O) groups excluding carboxylic acids is 2. The van der Waals surface area contributed by atoms with Gasteiger partial charge in [-0.1, -0.05) is 126 Å². The van der Waals surface area contributed by atoms with Gasteiger partial charge in [0.15, 0.2) is 12.1 Å². The van der Waals surface area contributed by atoms with Gasteiger partial charge in [-0.2, -0.15) is 0 Å². The maximum atomic E-state index is 12.7. The molecule has 2 atom stereocenters. The highest BCUT2D eigenvalue weighted by molar-refractivity contribution is 5.72. The van der Waals surface area contributed by atoms with Crippen LogP contribution in [0, 0.1) is 0 Å². The van der Waals surface area contributed by atoms with E-state index in [2.05, 4.69) is 74.6 Å². The smallest absolute Gasteiger partial charge is 0.362 e. The van der Waals surface area contributed by atoms with Crippen molar-refractivity contribution in [2.75, 3.05) is 41.0 Å². The lowest BCUT2D eigenvalue weighted by molar-refractivity contribution is -0.887. The molecule has 53 heavy (non-hydrogen) atoms. The molecule has 0 radical (unpaired) electrons. The summed E-state index contributed by atoms with van der Waals surface area (Å²) in [6.07, 6.45) is 42.7. The van der Waals surface area contributed by atoms with E-state index >= 15 is 0 Å². The van der Waals surface area contributed by atoms with Crippen molar-refractivity contribution in [3.8, 4) is 0 Å². The number of unbranched alkanes of at least 4 members (excludes halogenated alkanes) is 12. The monoisotopic (exact) mass is 745 g/mol. The van der Waals surface area contributed by atoms with Crippen molar-refractivity contribution in [1.82, 2.24) is 0 Å². The summed E-state index contributed by atoms with van der Waals surface area (Å²) in [5, 5.41) is 9.59. The predicted molar refractivity (Wildman–Crippen MR) is 220 cm³/mol. The molecule has 0 aromatic carbocycles. The standard InChI is InChI=1S/C45H77NO7/c1-6-8-10-12-14-16-17-18-19-20-21-22-23-24-25-26-28-30-32-34-36-44(48)53-41(39-51-38-37-42(45(49)50)46(3,4)5)40-52-43(47)35-33-31-29-27-15-13-11-9-7-2/h8,10,14,16,18-19,21-22,27,29,41-42H,6-7,9,11-13,15,17,20,23-26,28,30-40H2,1-5H3/p+1/b10-8+,16-14+,19-18+,22-21+,29-27+. The summed E-state index contributed by atoms with van der Waals surface area (Å²) in [5.41, 5.74) is 0. The maximum absolute atomic E-state index is 12.7. The molecule has 304 valence electrons. The quantitative estimate of drug-likeness (QED) is 0.0295. The van der Waals surface area contributed by atoms with E-state index in [1.54, 1.807) is 0 Å². The van der Waals surface area contributed by atoms with Gasteiger partial charge in [0.2, 0.25) is 0 Å². The second-order valence-electron chi connectivity index (χ2n) is 14.9. The Hall–Kier alpha value is -2.97. The van der Waals surface area contributed by atoms with Gasteiger partial charge in [-0.25, -0.2) is 4.79 Å². The molecule has 0 heterocycles. The van der Waals surface area contributed by atoms with Gasteiger partial charge in [-0.3, -0.25) is 9.59 Å². The molecule has 0 aromatic rings. The van der Waals surface area contributed by atoms with Crippen LogP contribution in [0.3, 0.4) is 0 Å². The second-order valence-corrected chi connectivity index (χ2v) is 14.9. The fraction of sp³-hybridized carbons (Fsp3) is 0.711. The molecule has 0 fully saturated rings. The SMILES string of the molecule is CC/C=C/C/C=C/C/C=C/C/C=C/CCCCCCCCCC(=O)OC(COCCC(C(=O)O)[N+](C)(C)C)COC(=O)CCC/C=C/CCCCCC. The van der Waals surface area contributed by atoms with Crippen LogP contribution in [-0.2, 0) is 28.6 Å². The van der Waals surface area contributed by atoms with Crippen molar-refractivity contribution in [2.24, 2.45) is 0 Å². The van der Waals surface area contributed by atoms with E-state index < -0.39 is 18.1 Å². The number of carboxylic acids is 1. The number of carboxylic acid groups (broad SMARTS) is 1. The van der Waals surface area contributed by atoms with Gasteiger partial charge in [-0.15, -0.1) is 0 Å². The first-order chi connectivity index (χ1) is 25.6. The zero-order chi connectivity index (χ0) is 39.3. The van der Waals surface area contributed by atoms with E-state index in [0.29, 0.717) is 25.7 Å². The minimum atomic E-state index is -0.883. The normalized spacial score (nSPS) is 13.6. The number of nitrogens with zero attached hydrogens (tertiary/aromatic N) is 1. The van der Waals surface area contributed by atoms with Crippen molar-refractivity contribution < 1.29 is 38.2 Å². The Kier molecular flexibility index (Phi) is 34.0. The molecule has 0 amide bonds. The number of esters is 2. The van der Waals surface area contributed by atoms with E-state index in [-0.39, 0.29) is 36.2 Å². The topological polar surface area (TPSA) is 99.1 Å². The van der Waals surface area contributed by atoms with Gasteiger partial charge in [0.25, 0.3) is 0 Å². The molecular formula is C45H78NO7+. The van der Waals surface area contributed by atoms with Crippen molar-refractivity contribution >= 4 is 17.9 Å². The fourth-order valence-corrected chi connectivity index (χ4v) is 5.67. The summed E-state index contributed by atoms with van der Waals surface area (Å²) in [4.78, 5) is 36.8. The largest absolute Gasteiger partial charge is 0.477 e. The first-order valence-electron chi connectivity index (χ1n) is 20.8. The highest BCUT2D eigenvalue weighted by Crippen LogP contribution is 2.13. The Bertz CT molecular complexity index is 1050. The van der Waals surface area contributed by atoms with E-state index in [1.807, 2.05) is 21.1 Å². The molecule has 0 aromatic heterocycles. The van der Waals surface area contributed by atoms with E-state index in [1.165, 1.54) is 44.9 Å². The zero-order valence-electron chi connectivity index (χ0n) is 34.4. The first kappa shape index (κ1) is 50.0. The Morgan fingerprint density at radius 1 is 0.585 bits per heavy atom. The Balaban J connectivity index is 4.36. The summed E-state index contributed by atoms with van der Waals surface area (Å²) >= 11 is 0. The maximum Gasteiger partial charge on any atom is 0.362 e. The summed E-state index contributed by atoms with van der Waals surface area (Å²) in [7, 11) is 5.50. The molecule has 0 bridgehead atoms. The Morgan fingerprint density at radius 3 is 1.64 bits per heavy atom. The van der Waals surface area contributed by atoms with Gasteiger partial charge in [0, 0.05) is 19.3 Å². The van der Waals surface area contributed by atoms with Gasteiger partial charge < -0.3 is 23.8 Å². The molecule has 0 aliphatic rings. The Labute approximate surface area is 324 Å². The van der Waals surface area contributed by atoms with Crippen LogP contribution < -0.4 is 0 Å². The number of quaternary nitrogens is 1. The number of hydrogen-bond donors (Lipinski definition) is 1. The number of allylic oxidation sites excluding steroid dienone is 10. The van der Waals surface area contributed by atoms with Crippen LogP contribution >= 0.6 is 0 Å². The molecule has 8 heteroatoms. The molecular weight excluding hydrogens is 666 g/mol. The average molecular weight is 745 g/mol. The third-order valence-electron chi connectivity index (χ3n) is 8.90. The van der Waals surface area contributed by atoms with E-state index in [9.17, 15) is 19.5 Å². The average Bonchev–Trinajstić information content (AvgIpc) is 3.11. The Morgan fingerprint density at radius 2 is 1.08 bits per heavy atom. The van der Waals surface area contributed by atoms with E-state index in [0.717, 1.165) is 70.6 Å². The number of likely N-dealkylation sites (N-methyl/N-ethyl adjacent to an activating group) is 1. The van der Waals surface area contributed by atoms with Crippen LogP contribution in [0.2, 0.25) is 0 Å². The lowest BCUT2D eigenvalue weighted by Gasteiger charge is -2.31. The second kappa shape index (κ2) is 36.0. The number of ether oxygens (including phenoxy) is 3. The van der Waals surface area contributed by atoms with Gasteiger partial charge in [-0.05, 0) is 70.6 Å². The van der Waals surface area contributed by atoms with Crippen molar-refractivity contribution in [2.45, 2.75) is 167 Å². The van der Waals surface area contributed by atoms with E-state index in [4.69, 9.17) is 14.2 Å². The predicted octanol–water partition coefficient (Wildman–Crippen LogP) is 11.0. The first-order valence-corrected chi connectivity index (χ1v) is 20.8. The van der Waals surface area contributed by atoms with Gasteiger partial charge in [0.1, 0.15) is 6.61 Å². The third-order valence-corrected chi connectivity index (χ3v) is 8.90.